The van der Waals surface area contributed by atoms with Crippen LogP contribution in [0.5, 0.6) is 0 Å². The van der Waals surface area contributed by atoms with Crippen LogP contribution in [0, 0.1) is 5.41 Å². The van der Waals surface area contributed by atoms with Crippen molar-refractivity contribution in [1.82, 2.24) is 10.6 Å². The lowest BCUT2D eigenvalue weighted by atomic mass is 9.77. The van der Waals surface area contributed by atoms with Gasteiger partial charge in [-0.2, -0.15) is 0 Å². The third-order valence-corrected chi connectivity index (χ3v) is 4.68. The van der Waals surface area contributed by atoms with Gasteiger partial charge >= 0.3 is 0 Å². The largest absolute Gasteiger partial charge is 0.391 e. The molecule has 3 N–H and O–H groups in total. The third-order valence-electron chi connectivity index (χ3n) is 4.68. The highest BCUT2D eigenvalue weighted by Gasteiger charge is 2.39. The smallest absolute Gasteiger partial charge is 0.227 e. The van der Waals surface area contributed by atoms with Crippen LogP contribution in [0.25, 0.3) is 0 Å². The Labute approximate surface area is 110 Å². The van der Waals surface area contributed by atoms with Crippen molar-refractivity contribution >= 4 is 5.91 Å². The molecule has 1 unspecified atom stereocenters. The second kappa shape index (κ2) is 6.02. The number of carbonyl (C=O) groups is 1. The molecule has 0 bridgehead atoms. The minimum absolute atomic E-state index is 0.0309. The van der Waals surface area contributed by atoms with Crippen LogP contribution >= 0.6 is 0 Å². The highest BCUT2D eigenvalue weighted by molar-refractivity contribution is 5.83. The Morgan fingerprint density at radius 3 is 2.78 bits per heavy atom. The molecule has 0 spiro atoms. The Morgan fingerprint density at radius 1 is 1.39 bits per heavy atom. The van der Waals surface area contributed by atoms with Gasteiger partial charge in [0.25, 0.3) is 0 Å². The predicted molar refractivity (Wildman–Crippen MR) is 71.2 cm³/mol. The van der Waals surface area contributed by atoms with Crippen LogP contribution in [0.1, 0.15) is 51.9 Å². The van der Waals surface area contributed by atoms with E-state index < -0.39 is 0 Å². The zero-order chi connectivity index (χ0) is 13.0. The van der Waals surface area contributed by atoms with Crippen molar-refractivity contribution in [3.05, 3.63) is 0 Å². The molecule has 104 valence electrons. The number of amides is 1. The molecule has 1 aliphatic heterocycles. The molecule has 4 heteroatoms. The van der Waals surface area contributed by atoms with Gasteiger partial charge in [0.2, 0.25) is 5.91 Å². The van der Waals surface area contributed by atoms with Crippen molar-refractivity contribution in [2.75, 3.05) is 13.1 Å². The van der Waals surface area contributed by atoms with E-state index in [4.69, 9.17) is 0 Å². The Kier molecular flexibility index (Phi) is 4.62. The maximum absolute atomic E-state index is 12.5. The zero-order valence-electron chi connectivity index (χ0n) is 11.4. The number of rotatable bonds is 3. The summed E-state index contributed by atoms with van der Waals surface area (Å²) < 4.78 is 0. The van der Waals surface area contributed by atoms with Crippen molar-refractivity contribution in [2.45, 2.75) is 64.0 Å². The topological polar surface area (TPSA) is 61.4 Å². The Balaban J connectivity index is 1.96. The van der Waals surface area contributed by atoms with Crippen LogP contribution in [-0.2, 0) is 4.79 Å². The van der Waals surface area contributed by atoms with Gasteiger partial charge in [-0.15, -0.1) is 0 Å². The summed E-state index contributed by atoms with van der Waals surface area (Å²) in [4.78, 5) is 12.5. The van der Waals surface area contributed by atoms with Crippen molar-refractivity contribution in [3.63, 3.8) is 0 Å². The van der Waals surface area contributed by atoms with Crippen LogP contribution in [0.2, 0.25) is 0 Å². The van der Waals surface area contributed by atoms with Gasteiger partial charge < -0.3 is 15.7 Å². The summed E-state index contributed by atoms with van der Waals surface area (Å²) >= 11 is 0. The molecule has 2 rings (SSSR count). The number of nitrogens with one attached hydrogen (secondary N) is 2. The maximum Gasteiger partial charge on any atom is 0.227 e. The van der Waals surface area contributed by atoms with Crippen molar-refractivity contribution in [2.24, 2.45) is 5.41 Å². The Hall–Kier alpha value is -0.610. The monoisotopic (exact) mass is 254 g/mol. The molecule has 0 aromatic rings. The molecule has 0 radical (unpaired) electrons. The maximum atomic E-state index is 12.5. The van der Waals surface area contributed by atoms with E-state index in [1.54, 1.807) is 0 Å². The first-order valence-electron chi connectivity index (χ1n) is 7.38. The fraction of sp³-hybridized carbons (Fsp3) is 0.929. The molecule has 1 heterocycles. The van der Waals surface area contributed by atoms with E-state index in [1.165, 1.54) is 0 Å². The van der Waals surface area contributed by atoms with E-state index in [0.717, 1.165) is 58.0 Å². The van der Waals surface area contributed by atoms with Gasteiger partial charge in [-0.1, -0.05) is 19.8 Å². The molecular weight excluding hydrogens is 228 g/mol. The van der Waals surface area contributed by atoms with Gasteiger partial charge in [0.05, 0.1) is 17.6 Å². The van der Waals surface area contributed by atoms with Crippen LogP contribution < -0.4 is 10.6 Å². The van der Waals surface area contributed by atoms with Crippen molar-refractivity contribution < 1.29 is 9.90 Å². The summed E-state index contributed by atoms with van der Waals surface area (Å²) in [5.41, 5.74) is -0.255. The number of hydrogen-bond donors (Lipinski definition) is 3. The SMILES string of the molecule is CCC1(C(=O)N[C@@H]2CCCC[C@H]2O)CCCNC1. The summed E-state index contributed by atoms with van der Waals surface area (Å²) in [6, 6.07) is -0.0309. The molecule has 1 aliphatic carbocycles. The van der Waals surface area contributed by atoms with Crippen LogP contribution in [-0.4, -0.2) is 36.2 Å². The molecule has 0 aromatic carbocycles. The van der Waals surface area contributed by atoms with Gasteiger partial charge in [0.15, 0.2) is 0 Å². The number of carbonyl (C=O) groups excluding carboxylic acids is 1. The zero-order valence-corrected chi connectivity index (χ0v) is 11.4. The average molecular weight is 254 g/mol. The third kappa shape index (κ3) is 2.86. The lowest BCUT2D eigenvalue weighted by Crippen LogP contribution is -2.55. The molecule has 1 amide bonds. The highest BCUT2D eigenvalue weighted by atomic mass is 16.3. The minimum atomic E-state index is -0.354. The van der Waals surface area contributed by atoms with E-state index in [2.05, 4.69) is 17.6 Å². The van der Waals surface area contributed by atoms with Gasteiger partial charge in [0, 0.05) is 6.54 Å². The quantitative estimate of drug-likeness (QED) is 0.709. The van der Waals surface area contributed by atoms with Crippen LogP contribution in [0.15, 0.2) is 0 Å². The summed E-state index contributed by atoms with van der Waals surface area (Å²) in [5.74, 6) is 0.142. The van der Waals surface area contributed by atoms with E-state index in [-0.39, 0.29) is 23.5 Å². The average Bonchev–Trinajstić information content (AvgIpc) is 2.42. The minimum Gasteiger partial charge on any atom is -0.391 e. The van der Waals surface area contributed by atoms with E-state index in [0.29, 0.717) is 0 Å². The van der Waals surface area contributed by atoms with Crippen molar-refractivity contribution in [3.8, 4) is 0 Å². The van der Waals surface area contributed by atoms with E-state index >= 15 is 0 Å². The highest BCUT2D eigenvalue weighted by Crippen LogP contribution is 2.31. The first-order valence-corrected chi connectivity index (χ1v) is 7.38. The summed E-state index contributed by atoms with van der Waals surface area (Å²) in [6.07, 6.45) is 6.47. The van der Waals surface area contributed by atoms with Crippen LogP contribution in [0.4, 0.5) is 0 Å². The lowest BCUT2D eigenvalue weighted by Gasteiger charge is -2.38. The van der Waals surface area contributed by atoms with Gasteiger partial charge in [-0.05, 0) is 38.6 Å². The molecule has 2 fully saturated rings. The Morgan fingerprint density at radius 2 is 2.17 bits per heavy atom. The first kappa shape index (κ1) is 13.8. The molecule has 4 nitrogen and oxygen atoms in total. The van der Waals surface area contributed by atoms with Gasteiger partial charge in [-0.3, -0.25) is 4.79 Å². The standard InChI is InChI=1S/C14H26N2O2/c1-2-14(8-5-9-15-10-14)13(18)16-11-6-3-4-7-12(11)17/h11-12,15,17H,2-10H2,1H3,(H,16,18)/t11-,12-,14?/m1/s1. The normalized spacial score (nSPS) is 37.2. The van der Waals surface area contributed by atoms with Gasteiger partial charge in [-0.25, -0.2) is 0 Å². The Bertz CT molecular complexity index is 288. The summed E-state index contributed by atoms with van der Waals surface area (Å²) in [7, 11) is 0. The number of hydrogen-bond acceptors (Lipinski definition) is 3. The molecular formula is C14H26N2O2. The van der Waals surface area contributed by atoms with Crippen LogP contribution in [0.3, 0.4) is 0 Å². The molecule has 2 aliphatic rings. The molecule has 0 aromatic heterocycles. The number of aliphatic hydroxyl groups excluding tert-OH is 1. The fourth-order valence-electron chi connectivity index (χ4n) is 3.23. The molecule has 3 atom stereocenters. The second-order valence-electron chi connectivity index (χ2n) is 5.85. The lowest BCUT2D eigenvalue weighted by molar-refractivity contribution is -0.134. The fourth-order valence-corrected chi connectivity index (χ4v) is 3.23. The van der Waals surface area contributed by atoms with E-state index in [1.807, 2.05) is 0 Å². The predicted octanol–water partition coefficient (Wildman–Crippen LogP) is 1.19. The molecule has 18 heavy (non-hydrogen) atoms. The number of piperidine rings is 1. The summed E-state index contributed by atoms with van der Waals surface area (Å²) in [6.45, 7) is 3.88. The van der Waals surface area contributed by atoms with Crippen molar-refractivity contribution in [1.29, 1.82) is 0 Å². The van der Waals surface area contributed by atoms with E-state index in [9.17, 15) is 9.90 Å². The summed E-state index contributed by atoms with van der Waals surface area (Å²) in [5, 5.41) is 16.4. The van der Waals surface area contributed by atoms with Gasteiger partial charge in [0.1, 0.15) is 0 Å². The first-order chi connectivity index (χ1) is 8.68. The second-order valence-corrected chi connectivity index (χ2v) is 5.85. The number of aliphatic hydroxyl groups is 1. The molecule has 1 saturated carbocycles. The molecule has 1 saturated heterocycles.